The van der Waals surface area contributed by atoms with Crippen molar-refractivity contribution in [3.63, 3.8) is 0 Å². The van der Waals surface area contributed by atoms with Crippen LogP contribution in [0.3, 0.4) is 0 Å². The van der Waals surface area contributed by atoms with Gasteiger partial charge < -0.3 is 9.90 Å². The minimum Gasteiger partial charge on any atom is -0.542 e. The number of aliphatic imine (C=N–C) groups is 1. The lowest BCUT2D eigenvalue weighted by atomic mass is 10.0. The summed E-state index contributed by atoms with van der Waals surface area (Å²) >= 11 is 0. The molecule has 0 saturated carbocycles. The van der Waals surface area contributed by atoms with Crippen molar-refractivity contribution in [2.75, 3.05) is 6.54 Å². The van der Waals surface area contributed by atoms with Gasteiger partial charge in [-0.1, -0.05) is 0 Å². The lowest BCUT2D eigenvalue weighted by Gasteiger charge is -2.04. The zero-order valence-corrected chi connectivity index (χ0v) is 8.12. The summed E-state index contributed by atoms with van der Waals surface area (Å²) in [5, 5.41) is 8.78. The van der Waals surface area contributed by atoms with E-state index in [-0.39, 0.29) is 0 Å². The quantitative estimate of drug-likeness (QED) is 0.493. The van der Waals surface area contributed by atoms with Gasteiger partial charge >= 0.3 is 6.18 Å². The van der Waals surface area contributed by atoms with E-state index in [1.165, 1.54) is 5.70 Å². The number of aliphatic carboxylic acids is 1. The second kappa shape index (κ2) is 4.97. The van der Waals surface area contributed by atoms with Gasteiger partial charge in [-0.15, -0.1) is 0 Å². The van der Waals surface area contributed by atoms with Crippen LogP contribution in [0.25, 0.3) is 0 Å². The third kappa shape index (κ3) is 3.54. The van der Waals surface area contributed by atoms with Gasteiger partial charge in [0.25, 0.3) is 0 Å². The van der Waals surface area contributed by atoms with Crippen molar-refractivity contribution >= 4 is 12.2 Å². The Morgan fingerprint density at radius 2 is 2.25 bits per heavy atom. The maximum absolute atomic E-state index is 10.5. The molecule has 0 aromatic rings. The predicted octanol–water partition coefficient (Wildman–Crippen LogP) is -1.70. The van der Waals surface area contributed by atoms with E-state index in [1.807, 2.05) is 12.4 Å². The molecule has 1 fully saturated rings. The zero-order valence-electron chi connectivity index (χ0n) is 8.12. The molecule has 0 spiro atoms. The fourth-order valence-electron chi connectivity index (χ4n) is 1.25. The molecule has 16 heavy (non-hydrogen) atoms. The Hall–Kier alpha value is -1.57. The summed E-state index contributed by atoms with van der Waals surface area (Å²) in [6.07, 6.45) is -0.192. The van der Waals surface area contributed by atoms with Gasteiger partial charge in [0.05, 0.1) is 17.8 Å². The number of carboxylic acids is 1. The first-order chi connectivity index (χ1) is 7.41. The van der Waals surface area contributed by atoms with Crippen LogP contribution in [-0.4, -0.2) is 24.9 Å². The van der Waals surface area contributed by atoms with Crippen LogP contribution in [0.15, 0.2) is 16.9 Å². The minimum absolute atomic E-state index is 0.711. The number of quaternary nitrogens is 1. The van der Waals surface area contributed by atoms with E-state index in [9.17, 15) is 13.2 Å². The Labute approximate surface area is 89.0 Å². The maximum Gasteiger partial charge on any atom is 0.430 e. The topological polar surface area (TPSA) is 81.1 Å². The number of rotatable bonds is 0. The zero-order chi connectivity index (χ0) is 12.2. The second-order valence-electron chi connectivity index (χ2n) is 3.22. The first kappa shape index (κ1) is 12.5. The van der Waals surface area contributed by atoms with Crippen LogP contribution in [0.5, 0.6) is 0 Å². The summed E-state index contributed by atoms with van der Waals surface area (Å²) in [4.78, 5) is 12.8. The number of nitrogens with zero attached hydrogens (tertiary/aromatic N) is 1. The van der Waals surface area contributed by atoms with E-state index < -0.39 is 12.1 Å². The highest BCUT2D eigenvalue weighted by molar-refractivity contribution is 5.70. The Kier molecular flexibility index (Phi) is 3.88. The molecule has 2 aliphatic heterocycles. The molecule has 2 aliphatic rings. The minimum atomic E-state index is -5.19. The van der Waals surface area contributed by atoms with Crippen molar-refractivity contribution in [2.45, 2.75) is 12.6 Å². The Bertz CT molecular complexity index is 325. The molecule has 0 bridgehead atoms. The van der Waals surface area contributed by atoms with Crippen LogP contribution in [0, 0.1) is 5.92 Å². The van der Waals surface area contributed by atoms with Crippen LogP contribution >= 0.6 is 0 Å². The van der Waals surface area contributed by atoms with E-state index in [0.29, 0.717) is 5.92 Å². The average molecular weight is 237 g/mol. The van der Waals surface area contributed by atoms with Crippen molar-refractivity contribution in [1.29, 1.82) is 0 Å². The van der Waals surface area contributed by atoms with Gasteiger partial charge in [-0.3, -0.25) is 4.99 Å². The van der Waals surface area contributed by atoms with Gasteiger partial charge in [0, 0.05) is 6.21 Å². The van der Waals surface area contributed by atoms with Crippen molar-refractivity contribution in [3.05, 3.63) is 11.9 Å². The van der Waals surface area contributed by atoms with Gasteiger partial charge in [0.1, 0.15) is 12.5 Å². The molecule has 0 aromatic carbocycles. The molecule has 90 valence electrons. The standard InChI is InChI=1S/C6H9N3.C2HF3O2/c1-2-7-4-6-5(1)3-8-9-6;3-2(4,5)1(6)7/h2,4-5,8-9H,1,3H2;(H,6,7). The molecule has 2 rings (SSSR count). The van der Waals surface area contributed by atoms with Gasteiger partial charge in [0.15, 0.2) is 0 Å². The van der Waals surface area contributed by atoms with Gasteiger partial charge in [-0.25, -0.2) is 10.9 Å². The number of fused-ring (bicyclic) bond motifs is 1. The van der Waals surface area contributed by atoms with Gasteiger partial charge in [-0.2, -0.15) is 13.2 Å². The number of nitrogens with one attached hydrogen (secondary N) is 1. The van der Waals surface area contributed by atoms with E-state index in [2.05, 4.69) is 15.8 Å². The summed E-state index contributed by atoms with van der Waals surface area (Å²) in [6, 6.07) is 0. The van der Waals surface area contributed by atoms with E-state index in [0.717, 1.165) is 13.0 Å². The smallest absolute Gasteiger partial charge is 0.430 e. The molecule has 2 heterocycles. The lowest BCUT2D eigenvalue weighted by molar-refractivity contribution is -0.689. The Morgan fingerprint density at radius 3 is 2.75 bits per heavy atom. The van der Waals surface area contributed by atoms with Crippen LogP contribution in [0.1, 0.15) is 6.42 Å². The fourth-order valence-corrected chi connectivity index (χ4v) is 1.25. The van der Waals surface area contributed by atoms with Gasteiger partial charge in [0.2, 0.25) is 0 Å². The molecule has 0 amide bonds. The molecule has 0 radical (unpaired) electrons. The molecule has 1 saturated heterocycles. The molecular formula is C8H10F3N3O2. The van der Waals surface area contributed by atoms with Crippen LogP contribution < -0.4 is 16.0 Å². The molecule has 1 atom stereocenters. The Morgan fingerprint density at radius 1 is 1.62 bits per heavy atom. The number of carboxylic acid groups (broad SMARTS) is 1. The third-order valence-corrected chi connectivity index (χ3v) is 2.05. The van der Waals surface area contributed by atoms with Gasteiger partial charge in [-0.05, 0) is 6.42 Å². The number of hydrogen-bond donors (Lipinski definition) is 2. The molecule has 5 nitrogen and oxygen atoms in total. The first-order valence-electron chi connectivity index (χ1n) is 4.49. The number of hydrogen-bond acceptors (Lipinski definition) is 4. The normalized spacial score (nSPS) is 22.4. The summed E-state index contributed by atoms with van der Waals surface area (Å²) in [6.45, 7) is 1.16. The molecule has 3 N–H and O–H groups in total. The van der Waals surface area contributed by atoms with E-state index >= 15 is 0 Å². The van der Waals surface area contributed by atoms with Crippen molar-refractivity contribution in [1.82, 2.24) is 5.43 Å². The molecular weight excluding hydrogens is 227 g/mol. The fraction of sp³-hybridized carbons (Fsp3) is 0.500. The summed E-state index contributed by atoms with van der Waals surface area (Å²) in [5.41, 5.74) is 6.57. The summed E-state index contributed by atoms with van der Waals surface area (Å²) in [7, 11) is 0. The Balaban J connectivity index is 0.000000168. The average Bonchev–Trinajstić information content (AvgIpc) is 2.64. The monoisotopic (exact) mass is 237 g/mol. The highest BCUT2D eigenvalue weighted by Gasteiger charge is 2.28. The number of carbonyl (C=O) groups excluding carboxylic acids is 1. The third-order valence-electron chi connectivity index (χ3n) is 2.05. The maximum atomic E-state index is 10.5. The molecule has 1 unspecified atom stereocenters. The van der Waals surface area contributed by atoms with Crippen LogP contribution in [0.4, 0.5) is 13.2 Å². The molecule has 0 aliphatic carbocycles. The number of carbonyl (C=O) groups is 1. The first-order valence-corrected chi connectivity index (χ1v) is 4.49. The highest BCUT2D eigenvalue weighted by Crippen LogP contribution is 2.14. The lowest BCUT2D eigenvalue weighted by Crippen LogP contribution is -2.89. The van der Waals surface area contributed by atoms with E-state index in [1.54, 1.807) is 0 Å². The summed E-state index contributed by atoms with van der Waals surface area (Å²) in [5.74, 6) is -2.30. The van der Waals surface area contributed by atoms with Crippen LogP contribution in [0.2, 0.25) is 0 Å². The van der Waals surface area contributed by atoms with E-state index in [4.69, 9.17) is 9.90 Å². The van der Waals surface area contributed by atoms with Crippen molar-refractivity contribution in [2.24, 2.45) is 10.9 Å². The number of nitrogens with two attached hydrogens (primary N) is 1. The van der Waals surface area contributed by atoms with Crippen molar-refractivity contribution in [3.8, 4) is 0 Å². The second-order valence-corrected chi connectivity index (χ2v) is 3.22. The number of halogens is 3. The van der Waals surface area contributed by atoms with Crippen molar-refractivity contribution < 1.29 is 28.5 Å². The molecule has 0 aromatic heterocycles. The largest absolute Gasteiger partial charge is 0.542 e. The predicted molar refractivity (Wildman–Crippen MR) is 45.7 cm³/mol. The highest BCUT2D eigenvalue weighted by atomic mass is 19.4. The van der Waals surface area contributed by atoms with Crippen LogP contribution in [-0.2, 0) is 4.79 Å². The SMILES string of the molecule is C1=NC=C2N[NH2+]CC2C1.O=C([O-])C(F)(F)F. The summed E-state index contributed by atoms with van der Waals surface area (Å²) < 4.78 is 31.5. The number of alkyl halides is 3. The molecule has 8 heteroatoms.